The SMILES string of the molecule is Cc1cc(C)cc(Oc2ccc(CNC(=O)C(=O)NCCCN3CCN(c4ccncc4)CC3)cc2C)c1. The van der Waals surface area contributed by atoms with Gasteiger partial charge < -0.3 is 20.3 Å². The molecule has 2 amide bonds. The molecule has 0 saturated carbocycles. The van der Waals surface area contributed by atoms with Crippen molar-refractivity contribution >= 4 is 17.5 Å². The fourth-order valence-corrected chi connectivity index (χ4v) is 4.69. The molecule has 4 rings (SSSR count). The molecule has 2 N–H and O–H groups in total. The number of nitrogens with zero attached hydrogens (tertiary/aromatic N) is 3. The Balaban J connectivity index is 1.13. The molecule has 200 valence electrons. The van der Waals surface area contributed by atoms with Gasteiger partial charge in [0, 0.05) is 57.3 Å². The van der Waals surface area contributed by atoms with E-state index in [1.54, 1.807) is 0 Å². The van der Waals surface area contributed by atoms with Crippen molar-refractivity contribution < 1.29 is 14.3 Å². The van der Waals surface area contributed by atoms with Crippen molar-refractivity contribution in [1.29, 1.82) is 0 Å². The molecule has 1 aliphatic rings. The Labute approximate surface area is 225 Å². The average molecular weight is 516 g/mol. The number of carbonyl (C=O) groups is 2. The summed E-state index contributed by atoms with van der Waals surface area (Å²) >= 11 is 0. The quantitative estimate of drug-likeness (QED) is 0.334. The molecule has 1 aliphatic heterocycles. The fourth-order valence-electron chi connectivity index (χ4n) is 4.69. The number of piperazine rings is 1. The molecule has 0 atom stereocenters. The van der Waals surface area contributed by atoms with E-state index in [9.17, 15) is 9.59 Å². The van der Waals surface area contributed by atoms with Crippen LogP contribution < -0.4 is 20.3 Å². The Bertz CT molecular complexity index is 1220. The van der Waals surface area contributed by atoms with Crippen molar-refractivity contribution in [3.05, 3.63) is 83.2 Å². The van der Waals surface area contributed by atoms with Crippen LogP contribution in [0.2, 0.25) is 0 Å². The molecule has 2 aromatic carbocycles. The minimum Gasteiger partial charge on any atom is -0.457 e. The zero-order valence-electron chi connectivity index (χ0n) is 22.5. The van der Waals surface area contributed by atoms with Crippen molar-refractivity contribution in [2.75, 3.05) is 44.2 Å². The van der Waals surface area contributed by atoms with Crippen LogP contribution in [0.15, 0.2) is 60.9 Å². The van der Waals surface area contributed by atoms with Crippen molar-refractivity contribution in [2.45, 2.75) is 33.7 Å². The monoisotopic (exact) mass is 515 g/mol. The molecule has 8 nitrogen and oxygen atoms in total. The standard InChI is InChI=1S/C30H37N5O3/c1-22-17-23(2)19-27(18-22)38-28-6-5-25(20-24(28)3)21-33-30(37)29(36)32-9-4-12-34-13-15-35(16-14-34)26-7-10-31-11-8-26/h5-8,10-11,17-20H,4,9,12-16,21H2,1-3H3,(H,32,36)(H,33,37). The smallest absolute Gasteiger partial charge is 0.309 e. The summed E-state index contributed by atoms with van der Waals surface area (Å²) in [5.74, 6) is 0.348. The van der Waals surface area contributed by atoms with Gasteiger partial charge in [0.25, 0.3) is 0 Å². The Morgan fingerprint density at radius 2 is 1.55 bits per heavy atom. The Morgan fingerprint density at radius 3 is 2.24 bits per heavy atom. The molecule has 0 aliphatic carbocycles. The van der Waals surface area contributed by atoms with E-state index in [1.165, 1.54) is 5.69 Å². The predicted molar refractivity (Wildman–Crippen MR) is 150 cm³/mol. The summed E-state index contributed by atoms with van der Waals surface area (Å²) in [5, 5.41) is 5.44. The first-order valence-corrected chi connectivity index (χ1v) is 13.2. The van der Waals surface area contributed by atoms with Crippen LogP contribution in [-0.2, 0) is 16.1 Å². The van der Waals surface area contributed by atoms with Gasteiger partial charge in [0.05, 0.1) is 0 Å². The number of ether oxygens (including phenoxy) is 1. The van der Waals surface area contributed by atoms with Crippen LogP contribution in [0.25, 0.3) is 0 Å². The highest BCUT2D eigenvalue weighted by atomic mass is 16.5. The third kappa shape index (κ3) is 7.79. The molecular formula is C30H37N5O3. The number of pyridine rings is 1. The van der Waals surface area contributed by atoms with Gasteiger partial charge in [0.1, 0.15) is 11.5 Å². The fraction of sp³-hybridized carbons (Fsp3) is 0.367. The number of aromatic nitrogens is 1. The second kappa shape index (κ2) is 13.1. The van der Waals surface area contributed by atoms with Crippen LogP contribution in [0.4, 0.5) is 5.69 Å². The summed E-state index contributed by atoms with van der Waals surface area (Å²) in [6, 6.07) is 15.9. The lowest BCUT2D eigenvalue weighted by atomic mass is 10.1. The summed E-state index contributed by atoms with van der Waals surface area (Å²) in [7, 11) is 0. The number of benzene rings is 2. The highest BCUT2D eigenvalue weighted by molar-refractivity contribution is 6.35. The number of carbonyl (C=O) groups excluding carboxylic acids is 2. The first-order valence-electron chi connectivity index (χ1n) is 13.2. The van der Waals surface area contributed by atoms with E-state index in [2.05, 4.69) is 31.5 Å². The van der Waals surface area contributed by atoms with E-state index >= 15 is 0 Å². The molecule has 3 aromatic rings. The lowest BCUT2D eigenvalue weighted by Crippen LogP contribution is -2.47. The maximum absolute atomic E-state index is 12.3. The number of nitrogens with one attached hydrogen (secondary N) is 2. The Hall–Kier alpha value is -3.91. The second-order valence-corrected chi connectivity index (χ2v) is 9.85. The molecule has 0 radical (unpaired) electrons. The minimum absolute atomic E-state index is 0.276. The first-order chi connectivity index (χ1) is 18.4. The van der Waals surface area contributed by atoms with Crippen LogP contribution in [0.3, 0.4) is 0 Å². The van der Waals surface area contributed by atoms with Crippen LogP contribution in [0, 0.1) is 20.8 Å². The number of amides is 2. The molecule has 2 heterocycles. The van der Waals surface area contributed by atoms with E-state index < -0.39 is 11.8 Å². The van der Waals surface area contributed by atoms with Gasteiger partial charge in [-0.25, -0.2) is 0 Å². The van der Waals surface area contributed by atoms with Gasteiger partial charge >= 0.3 is 11.8 Å². The number of rotatable bonds is 9. The number of hydrogen-bond donors (Lipinski definition) is 2. The molecule has 8 heteroatoms. The van der Waals surface area contributed by atoms with E-state index in [0.29, 0.717) is 6.54 Å². The summed E-state index contributed by atoms with van der Waals surface area (Å²) in [6.45, 7) is 11.6. The third-order valence-corrected chi connectivity index (χ3v) is 6.66. The molecule has 38 heavy (non-hydrogen) atoms. The summed E-state index contributed by atoms with van der Waals surface area (Å²) in [6.07, 6.45) is 4.44. The lowest BCUT2D eigenvalue weighted by Gasteiger charge is -2.36. The second-order valence-electron chi connectivity index (χ2n) is 9.85. The molecule has 1 aromatic heterocycles. The van der Waals surface area contributed by atoms with Gasteiger partial charge in [-0.1, -0.05) is 18.2 Å². The molecule has 0 unspecified atom stereocenters. The predicted octanol–water partition coefficient (Wildman–Crippen LogP) is 3.74. The van der Waals surface area contributed by atoms with Crippen molar-refractivity contribution in [1.82, 2.24) is 20.5 Å². The van der Waals surface area contributed by atoms with E-state index in [-0.39, 0.29) is 6.54 Å². The zero-order chi connectivity index (χ0) is 26.9. The number of anilines is 1. The van der Waals surface area contributed by atoms with Gasteiger partial charge in [-0.2, -0.15) is 0 Å². The summed E-state index contributed by atoms with van der Waals surface area (Å²) in [4.78, 5) is 33.3. The maximum Gasteiger partial charge on any atom is 0.309 e. The van der Waals surface area contributed by atoms with Gasteiger partial charge in [-0.15, -0.1) is 0 Å². The van der Waals surface area contributed by atoms with E-state index in [1.807, 2.05) is 75.6 Å². The molecule has 1 fully saturated rings. The average Bonchev–Trinajstić information content (AvgIpc) is 2.91. The van der Waals surface area contributed by atoms with Gasteiger partial charge in [-0.05, 0) is 86.3 Å². The maximum atomic E-state index is 12.3. The van der Waals surface area contributed by atoms with Crippen molar-refractivity contribution in [3.63, 3.8) is 0 Å². The third-order valence-electron chi connectivity index (χ3n) is 6.66. The van der Waals surface area contributed by atoms with Crippen LogP contribution in [0.1, 0.15) is 28.7 Å². The largest absolute Gasteiger partial charge is 0.457 e. The van der Waals surface area contributed by atoms with Crippen LogP contribution in [0.5, 0.6) is 11.5 Å². The zero-order valence-corrected chi connectivity index (χ0v) is 22.5. The molecule has 0 spiro atoms. The minimum atomic E-state index is -0.621. The molecular weight excluding hydrogens is 478 g/mol. The molecule has 1 saturated heterocycles. The van der Waals surface area contributed by atoms with Crippen LogP contribution in [-0.4, -0.2) is 61.0 Å². The van der Waals surface area contributed by atoms with E-state index in [0.717, 1.165) is 72.9 Å². The highest BCUT2D eigenvalue weighted by Gasteiger charge is 2.17. The van der Waals surface area contributed by atoms with E-state index in [4.69, 9.17) is 4.74 Å². The van der Waals surface area contributed by atoms with Gasteiger partial charge in [0.2, 0.25) is 0 Å². The van der Waals surface area contributed by atoms with Crippen molar-refractivity contribution in [2.24, 2.45) is 0 Å². The van der Waals surface area contributed by atoms with Crippen LogP contribution >= 0.6 is 0 Å². The Morgan fingerprint density at radius 1 is 0.868 bits per heavy atom. The van der Waals surface area contributed by atoms with Crippen molar-refractivity contribution in [3.8, 4) is 11.5 Å². The highest BCUT2D eigenvalue weighted by Crippen LogP contribution is 2.27. The van der Waals surface area contributed by atoms with Gasteiger partial charge in [-0.3, -0.25) is 19.5 Å². The lowest BCUT2D eigenvalue weighted by molar-refractivity contribution is -0.139. The summed E-state index contributed by atoms with van der Waals surface area (Å²) < 4.78 is 6.05. The summed E-state index contributed by atoms with van der Waals surface area (Å²) in [5.41, 5.74) is 5.36. The first kappa shape index (κ1) is 27.1. The number of aryl methyl sites for hydroxylation is 3. The Kier molecular flexibility index (Phi) is 9.32. The molecule has 0 bridgehead atoms. The topological polar surface area (TPSA) is 86.8 Å². The van der Waals surface area contributed by atoms with Gasteiger partial charge in [0.15, 0.2) is 0 Å². The normalized spacial score (nSPS) is 13.7. The number of hydrogen-bond acceptors (Lipinski definition) is 6.